The van der Waals surface area contributed by atoms with Gasteiger partial charge in [-0.15, -0.1) is 0 Å². The van der Waals surface area contributed by atoms with Crippen molar-refractivity contribution < 1.29 is 33.4 Å². The summed E-state index contributed by atoms with van der Waals surface area (Å²) in [6.45, 7) is 2.79. The highest BCUT2D eigenvalue weighted by molar-refractivity contribution is 6.01. The van der Waals surface area contributed by atoms with Crippen LogP contribution in [-0.4, -0.2) is 51.9 Å². The van der Waals surface area contributed by atoms with E-state index in [1.165, 1.54) is 24.3 Å². The van der Waals surface area contributed by atoms with Crippen molar-refractivity contribution in [2.24, 2.45) is 5.73 Å². The van der Waals surface area contributed by atoms with Crippen LogP contribution in [0, 0.1) is 5.82 Å². The first kappa shape index (κ1) is 30.1. The van der Waals surface area contributed by atoms with Gasteiger partial charge in [0.25, 0.3) is 0 Å². The standard InChI is InChI=1S/C34H33FN4O6/c1-33(32(42)38-17-28(36)41)18-44-31-24(33)16-27(39-30(31)19-5-7-22(35)8-6-19)34(2,43)12-11-25(40)21-14-20-4-3-13-37-29(20)26(15-21)45-23-9-10-23/h3-8,13-16,23,43H,9-12,17-18H2,1-2H3,(H2,36,41)(H,38,42)/t33-,34-/m0/s1. The van der Waals surface area contributed by atoms with Gasteiger partial charge in [0.2, 0.25) is 11.8 Å². The number of aliphatic hydroxyl groups is 1. The quantitative estimate of drug-likeness (QED) is 0.214. The third-order valence-electron chi connectivity index (χ3n) is 8.32. The second-order valence-electron chi connectivity index (χ2n) is 12.1. The Morgan fingerprint density at radius 2 is 1.93 bits per heavy atom. The SMILES string of the molecule is C[C@](O)(CCC(=O)c1cc(OC2CC2)c2ncccc2c1)c1cc2c(c(-c3ccc(F)cc3)n1)OC[C@]2(C)C(=O)NCC(N)=O. The van der Waals surface area contributed by atoms with Crippen molar-refractivity contribution in [3.05, 3.63) is 83.4 Å². The summed E-state index contributed by atoms with van der Waals surface area (Å²) in [5.74, 6) is -0.961. The van der Waals surface area contributed by atoms with Gasteiger partial charge in [-0.25, -0.2) is 9.37 Å². The average molecular weight is 613 g/mol. The molecule has 1 saturated carbocycles. The van der Waals surface area contributed by atoms with E-state index in [1.807, 2.05) is 6.07 Å². The molecule has 3 heterocycles. The molecule has 0 bridgehead atoms. The number of ether oxygens (including phenoxy) is 2. The second-order valence-corrected chi connectivity index (χ2v) is 12.1. The van der Waals surface area contributed by atoms with E-state index in [0.717, 1.165) is 18.2 Å². The zero-order valence-electron chi connectivity index (χ0n) is 24.9. The first-order valence-electron chi connectivity index (χ1n) is 14.8. The van der Waals surface area contributed by atoms with Crippen LogP contribution in [0.3, 0.4) is 0 Å². The van der Waals surface area contributed by atoms with E-state index in [-0.39, 0.29) is 43.6 Å². The van der Waals surface area contributed by atoms with Gasteiger partial charge < -0.3 is 25.6 Å². The van der Waals surface area contributed by atoms with Crippen LogP contribution in [0.15, 0.2) is 60.8 Å². The summed E-state index contributed by atoms with van der Waals surface area (Å²) in [5.41, 5.74) is 4.96. The number of fused-ring (bicyclic) bond motifs is 2. The molecule has 0 spiro atoms. The van der Waals surface area contributed by atoms with Gasteiger partial charge in [0.05, 0.1) is 18.3 Å². The minimum atomic E-state index is -1.61. The summed E-state index contributed by atoms with van der Waals surface area (Å²) < 4.78 is 25.8. The Balaban J connectivity index is 1.32. The number of pyridine rings is 2. The number of aromatic nitrogens is 2. The maximum Gasteiger partial charge on any atom is 0.236 e. The fourth-order valence-corrected chi connectivity index (χ4v) is 5.42. The van der Waals surface area contributed by atoms with Crippen molar-refractivity contribution in [2.45, 2.75) is 56.7 Å². The van der Waals surface area contributed by atoms with Gasteiger partial charge in [-0.05, 0) is 81.6 Å². The number of nitrogens with zero attached hydrogens (tertiary/aromatic N) is 2. The van der Waals surface area contributed by atoms with Crippen LogP contribution in [0.5, 0.6) is 11.5 Å². The molecule has 0 radical (unpaired) electrons. The molecule has 1 aliphatic carbocycles. The highest BCUT2D eigenvalue weighted by atomic mass is 19.1. The molecule has 10 nitrogen and oxygen atoms in total. The molecule has 2 aliphatic rings. The van der Waals surface area contributed by atoms with Gasteiger partial charge in [-0.2, -0.15) is 0 Å². The summed E-state index contributed by atoms with van der Waals surface area (Å²) in [5, 5.41) is 15.1. The van der Waals surface area contributed by atoms with Gasteiger partial charge in [-0.1, -0.05) is 6.07 Å². The normalized spacial score (nSPS) is 18.5. The zero-order chi connectivity index (χ0) is 31.9. The Hall–Kier alpha value is -4.90. The number of rotatable bonds is 11. The van der Waals surface area contributed by atoms with Crippen LogP contribution in [0.25, 0.3) is 22.2 Å². The molecule has 4 aromatic rings. The Kier molecular flexibility index (Phi) is 7.74. The highest BCUT2D eigenvalue weighted by Crippen LogP contribution is 2.46. The fourth-order valence-electron chi connectivity index (χ4n) is 5.42. The van der Waals surface area contributed by atoms with Gasteiger partial charge in [0, 0.05) is 34.7 Å². The van der Waals surface area contributed by atoms with E-state index in [0.29, 0.717) is 39.4 Å². The number of hydrogen-bond donors (Lipinski definition) is 3. The lowest BCUT2D eigenvalue weighted by Gasteiger charge is -2.26. The average Bonchev–Trinajstić information content (AvgIpc) is 3.78. The lowest BCUT2D eigenvalue weighted by molar-refractivity contribution is -0.129. The molecule has 45 heavy (non-hydrogen) atoms. The zero-order valence-corrected chi connectivity index (χ0v) is 24.9. The Morgan fingerprint density at radius 3 is 2.64 bits per heavy atom. The lowest BCUT2D eigenvalue weighted by Crippen LogP contribution is -2.46. The number of Topliss-reactive ketones (excluding diaryl/α,β-unsaturated/α-hetero) is 1. The lowest BCUT2D eigenvalue weighted by atomic mass is 9.81. The van der Waals surface area contributed by atoms with Crippen molar-refractivity contribution in [2.75, 3.05) is 13.2 Å². The molecule has 232 valence electrons. The Bertz CT molecular complexity index is 1820. The molecule has 1 aliphatic heterocycles. The molecule has 2 aromatic carbocycles. The van der Waals surface area contributed by atoms with Gasteiger partial charge in [0.15, 0.2) is 5.78 Å². The number of amides is 2. The van der Waals surface area contributed by atoms with Crippen molar-refractivity contribution in [1.29, 1.82) is 0 Å². The first-order chi connectivity index (χ1) is 21.4. The predicted octanol–water partition coefficient (Wildman–Crippen LogP) is 4.10. The molecule has 4 N–H and O–H groups in total. The molecule has 1 fully saturated rings. The number of benzene rings is 2. The summed E-state index contributed by atoms with van der Waals surface area (Å²) in [6.07, 6.45) is 3.71. The van der Waals surface area contributed by atoms with Crippen LogP contribution in [0.2, 0.25) is 0 Å². The van der Waals surface area contributed by atoms with Crippen LogP contribution in [0.4, 0.5) is 4.39 Å². The Morgan fingerprint density at radius 1 is 1.18 bits per heavy atom. The van der Waals surface area contributed by atoms with Gasteiger partial charge in [-0.3, -0.25) is 19.4 Å². The van der Waals surface area contributed by atoms with Gasteiger partial charge >= 0.3 is 0 Å². The number of carbonyl (C=O) groups is 3. The van der Waals surface area contributed by atoms with E-state index < -0.39 is 28.6 Å². The number of hydrogen-bond acceptors (Lipinski definition) is 8. The third kappa shape index (κ3) is 6.08. The van der Waals surface area contributed by atoms with Crippen LogP contribution >= 0.6 is 0 Å². The number of carbonyl (C=O) groups excluding carboxylic acids is 3. The number of halogens is 1. The first-order valence-corrected chi connectivity index (χ1v) is 14.8. The molecule has 0 saturated heterocycles. The number of primary amides is 1. The Labute approximate surface area is 258 Å². The van der Waals surface area contributed by atoms with Crippen molar-refractivity contribution >= 4 is 28.5 Å². The monoisotopic (exact) mass is 612 g/mol. The largest absolute Gasteiger partial charge is 0.489 e. The topological polar surface area (TPSA) is 154 Å². The van der Waals surface area contributed by atoms with Crippen LogP contribution in [0.1, 0.15) is 61.1 Å². The predicted molar refractivity (Wildman–Crippen MR) is 163 cm³/mol. The summed E-state index contributed by atoms with van der Waals surface area (Å²) in [7, 11) is 0. The number of nitrogens with one attached hydrogen (secondary N) is 1. The fraction of sp³-hybridized carbons (Fsp3) is 0.324. The molecular formula is C34H33FN4O6. The van der Waals surface area contributed by atoms with Crippen molar-refractivity contribution in [3.8, 4) is 22.8 Å². The summed E-state index contributed by atoms with van der Waals surface area (Å²) in [4.78, 5) is 47.3. The highest BCUT2D eigenvalue weighted by Gasteiger charge is 2.46. The van der Waals surface area contributed by atoms with Crippen LogP contribution in [-0.2, 0) is 20.6 Å². The number of nitrogens with two attached hydrogens (primary N) is 1. The van der Waals surface area contributed by atoms with Crippen molar-refractivity contribution in [3.63, 3.8) is 0 Å². The van der Waals surface area contributed by atoms with E-state index in [4.69, 9.17) is 20.2 Å². The van der Waals surface area contributed by atoms with E-state index >= 15 is 0 Å². The summed E-state index contributed by atoms with van der Waals surface area (Å²) in [6, 6.07) is 14.4. The molecule has 2 atom stereocenters. The molecule has 2 amide bonds. The number of ketones is 1. The van der Waals surface area contributed by atoms with Gasteiger partial charge in [0.1, 0.15) is 46.1 Å². The smallest absolute Gasteiger partial charge is 0.236 e. The van der Waals surface area contributed by atoms with Crippen molar-refractivity contribution in [1.82, 2.24) is 15.3 Å². The summed E-state index contributed by atoms with van der Waals surface area (Å²) >= 11 is 0. The molecular weight excluding hydrogens is 579 g/mol. The molecule has 11 heteroatoms. The van der Waals surface area contributed by atoms with E-state index in [1.54, 1.807) is 44.3 Å². The molecule has 2 aromatic heterocycles. The minimum absolute atomic E-state index is 0.00974. The molecule has 6 rings (SSSR count). The van der Waals surface area contributed by atoms with E-state index in [9.17, 15) is 23.9 Å². The third-order valence-corrected chi connectivity index (χ3v) is 8.32. The maximum atomic E-state index is 13.8. The minimum Gasteiger partial charge on any atom is -0.489 e. The maximum absolute atomic E-state index is 13.8. The molecule has 0 unspecified atom stereocenters. The van der Waals surface area contributed by atoms with E-state index in [2.05, 4.69) is 10.3 Å². The van der Waals surface area contributed by atoms with Crippen LogP contribution < -0.4 is 20.5 Å². The second kappa shape index (κ2) is 11.6.